The normalized spacial score (nSPS) is 9.20. The molecule has 2 N–H and O–H groups in total. The van der Waals surface area contributed by atoms with Crippen molar-refractivity contribution >= 4 is 12.3 Å². The maximum absolute atomic E-state index is 9.93. The monoisotopic (exact) mass is 145 g/mol. The average Bonchev–Trinajstić information content (AvgIpc) is 1.87. The van der Waals surface area contributed by atoms with E-state index >= 15 is 0 Å². The lowest BCUT2D eigenvalue weighted by Crippen LogP contribution is -2.18. The van der Waals surface area contributed by atoms with E-state index in [1.807, 2.05) is 0 Å². The van der Waals surface area contributed by atoms with Crippen molar-refractivity contribution in [1.82, 2.24) is 5.32 Å². The van der Waals surface area contributed by atoms with Crippen molar-refractivity contribution in [3.63, 3.8) is 0 Å². The standard InChI is InChI=1S/C6H11NO3/c8-5-4-7-3-1-2-6(9)10/h5,7H,1-4H2,(H,9,10). The number of rotatable bonds is 6. The van der Waals surface area contributed by atoms with Crippen molar-refractivity contribution in [3.8, 4) is 0 Å². The van der Waals surface area contributed by atoms with Gasteiger partial charge in [-0.3, -0.25) is 4.79 Å². The first-order chi connectivity index (χ1) is 4.77. The van der Waals surface area contributed by atoms with Crippen molar-refractivity contribution in [2.24, 2.45) is 0 Å². The molecular formula is C6H11NO3. The van der Waals surface area contributed by atoms with Gasteiger partial charge in [0, 0.05) is 6.42 Å². The Kier molecular flexibility index (Phi) is 5.66. The molecule has 58 valence electrons. The van der Waals surface area contributed by atoms with Crippen LogP contribution in [0.5, 0.6) is 0 Å². The van der Waals surface area contributed by atoms with E-state index in [2.05, 4.69) is 5.32 Å². The minimum Gasteiger partial charge on any atom is -0.481 e. The van der Waals surface area contributed by atoms with Gasteiger partial charge in [-0.15, -0.1) is 0 Å². The molecule has 0 aromatic carbocycles. The van der Waals surface area contributed by atoms with E-state index in [9.17, 15) is 9.59 Å². The molecule has 0 aliphatic heterocycles. The Morgan fingerprint density at radius 2 is 2.30 bits per heavy atom. The van der Waals surface area contributed by atoms with E-state index in [1.54, 1.807) is 0 Å². The molecule has 0 saturated heterocycles. The molecule has 0 saturated carbocycles. The van der Waals surface area contributed by atoms with E-state index in [0.29, 0.717) is 19.5 Å². The topological polar surface area (TPSA) is 66.4 Å². The van der Waals surface area contributed by atoms with Crippen LogP contribution in [0.15, 0.2) is 0 Å². The first-order valence-electron chi connectivity index (χ1n) is 3.13. The predicted octanol–water partition coefficient (Wildman–Crippen LogP) is -0.360. The lowest BCUT2D eigenvalue weighted by atomic mass is 10.3. The van der Waals surface area contributed by atoms with Gasteiger partial charge >= 0.3 is 5.97 Å². The molecule has 0 bridgehead atoms. The Labute approximate surface area is 59.2 Å². The van der Waals surface area contributed by atoms with Crippen LogP contribution in [0.25, 0.3) is 0 Å². The summed E-state index contributed by atoms with van der Waals surface area (Å²) in [5, 5.41) is 10.9. The molecular weight excluding hydrogens is 134 g/mol. The number of aldehydes is 1. The SMILES string of the molecule is O=CCNCCCC(=O)O. The van der Waals surface area contributed by atoms with Gasteiger partial charge < -0.3 is 15.2 Å². The highest BCUT2D eigenvalue weighted by Gasteiger charge is 1.94. The molecule has 0 amide bonds. The van der Waals surface area contributed by atoms with E-state index < -0.39 is 5.97 Å². The van der Waals surface area contributed by atoms with Crippen LogP contribution >= 0.6 is 0 Å². The molecule has 0 rings (SSSR count). The summed E-state index contributed by atoms with van der Waals surface area (Å²) in [6.45, 7) is 0.894. The van der Waals surface area contributed by atoms with Gasteiger partial charge in [0.1, 0.15) is 6.29 Å². The number of hydrogen-bond donors (Lipinski definition) is 2. The molecule has 0 radical (unpaired) electrons. The number of carbonyl (C=O) groups excluding carboxylic acids is 1. The summed E-state index contributed by atoms with van der Waals surface area (Å²) >= 11 is 0. The molecule has 0 aliphatic rings. The second kappa shape index (κ2) is 6.22. The summed E-state index contributed by atoms with van der Waals surface area (Å²) in [6, 6.07) is 0. The molecule has 0 spiro atoms. The number of carboxylic acid groups (broad SMARTS) is 1. The van der Waals surface area contributed by atoms with Crippen molar-refractivity contribution in [1.29, 1.82) is 0 Å². The Morgan fingerprint density at radius 3 is 2.80 bits per heavy atom. The molecule has 4 heteroatoms. The molecule has 0 fully saturated rings. The van der Waals surface area contributed by atoms with E-state index in [0.717, 1.165) is 6.29 Å². The average molecular weight is 145 g/mol. The third kappa shape index (κ3) is 7.10. The van der Waals surface area contributed by atoms with Gasteiger partial charge in [-0.05, 0) is 13.0 Å². The maximum Gasteiger partial charge on any atom is 0.303 e. The van der Waals surface area contributed by atoms with Crippen LogP contribution in [0, 0.1) is 0 Å². The minimum absolute atomic E-state index is 0.159. The molecule has 0 aromatic rings. The van der Waals surface area contributed by atoms with Crippen LogP contribution in [0.2, 0.25) is 0 Å². The highest BCUT2D eigenvalue weighted by Crippen LogP contribution is 1.84. The number of carboxylic acids is 1. The van der Waals surface area contributed by atoms with Gasteiger partial charge in [0.2, 0.25) is 0 Å². The summed E-state index contributed by atoms with van der Waals surface area (Å²) in [4.78, 5) is 19.7. The summed E-state index contributed by atoms with van der Waals surface area (Å²) < 4.78 is 0. The van der Waals surface area contributed by atoms with Crippen LogP contribution in [0.4, 0.5) is 0 Å². The van der Waals surface area contributed by atoms with E-state index in [1.165, 1.54) is 0 Å². The molecule has 0 unspecified atom stereocenters. The van der Waals surface area contributed by atoms with E-state index in [-0.39, 0.29) is 6.42 Å². The summed E-state index contributed by atoms with van der Waals surface area (Å²) in [5.41, 5.74) is 0. The predicted molar refractivity (Wildman–Crippen MR) is 35.8 cm³/mol. The molecule has 10 heavy (non-hydrogen) atoms. The quantitative estimate of drug-likeness (QED) is 0.395. The summed E-state index contributed by atoms with van der Waals surface area (Å²) in [6.07, 6.45) is 1.48. The summed E-state index contributed by atoms with van der Waals surface area (Å²) in [5.74, 6) is -0.798. The van der Waals surface area contributed by atoms with Crippen molar-refractivity contribution in [3.05, 3.63) is 0 Å². The zero-order chi connectivity index (χ0) is 7.82. The van der Waals surface area contributed by atoms with Gasteiger partial charge in [0.05, 0.1) is 6.54 Å². The van der Waals surface area contributed by atoms with Crippen LogP contribution in [0.3, 0.4) is 0 Å². The van der Waals surface area contributed by atoms with Gasteiger partial charge in [-0.1, -0.05) is 0 Å². The lowest BCUT2D eigenvalue weighted by molar-refractivity contribution is -0.137. The highest BCUT2D eigenvalue weighted by molar-refractivity contribution is 5.66. The minimum atomic E-state index is -0.798. The Balaban J connectivity index is 2.90. The van der Waals surface area contributed by atoms with Crippen molar-refractivity contribution in [2.45, 2.75) is 12.8 Å². The fourth-order valence-electron chi connectivity index (χ4n) is 0.526. The highest BCUT2D eigenvalue weighted by atomic mass is 16.4. The third-order valence-electron chi connectivity index (χ3n) is 0.972. The fraction of sp³-hybridized carbons (Fsp3) is 0.667. The molecule has 0 aromatic heterocycles. The third-order valence-corrected chi connectivity index (χ3v) is 0.972. The molecule has 0 aliphatic carbocycles. The zero-order valence-electron chi connectivity index (χ0n) is 5.67. The summed E-state index contributed by atoms with van der Waals surface area (Å²) in [7, 11) is 0. The van der Waals surface area contributed by atoms with E-state index in [4.69, 9.17) is 5.11 Å². The molecule has 0 heterocycles. The Morgan fingerprint density at radius 1 is 1.60 bits per heavy atom. The van der Waals surface area contributed by atoms with Gasteiger partial charge in [-0.25, -0.2) is 0 Å². The van der Waals surface area contributed by atoms with Crippen LogP contribution in [-0.2, 0) is 9.59 Å². The number of hydrogen-bond acceptors (Lipinski definition) is 3. The number of nitrogens with one attached hydrogen (secondary N) is 1. The van der Waals surface area contributed by atoms with Gasteiger partial charge in [0.25, 0.3) is 0 Å². The second-order valence-corrected chi connectivity index (χ2v) is 1.87. The number of aliphatic carboxylic acids is 1. The fourth-order valence-corrected chi connectivity index (χ4v) is 0.526. The number of carbonyl (C=O) groups is 2. The van der Waals surface area contributed by atoms with Crippen LogP contribution in [-0.4, -0.2) is 30.5 Å². The van der Waals surface area contributed by atoms with Crippen LogP contribution in [0.1, 0.15) is 12.8 Å². The Bertz CT molecular complexity index is 114. The van der Waals surface area contributed by atoms with Crippen molar-refractivity contribution < 1.29 is 14.7 Å². The maximum atomic E-state index is 9.93. The van der Waals surface area contributed by atoms with Crippen molar-refractivity contribution in [2.75, 3.05) is 13.1 Å². The van der Waals surface area contributed by atoms with Gasteiger partial charge in [0.15, 0.2) is 0 Å². The smallest absolute Gasteiger partial charge is 0.303 e. The molecule has 0 atom stereocenters. The van der Waals surface area contributed by atoms with Crippen LogP contribution < -0.4 is 5.32 Å². The first-order valence-corrected chi connectivity index (χ1v) is 3.13. The largest absolute Gasteiger partial charge is 0.481 e. The Hall–Kier alpha value is -0.900. The first kappa shape index (κ1) is 9.10. The zero-order valence-corrected chi connectivity index (χ0v) is 5.67. The molecule has 4 nitrogen and oxygen atoms in total. The second-order valence-electron chi connectivity index (χ2n) is 1.87. The van der Waals surface area contributed by atoms with Gasteiger partial charge in [-0.2, -0.15) is 0 Å². The lowest BCUT2D eigenvalue weighted by Gasteiger charge is -1.95.